The van der Waals surface area contributed by atoms with E-state index in [4.69, 9.17) is 0 Å². The molecule has 3 aromatic carbocycles. The normalized spacial score (nSPS) is 17.1. The minimum absolute atomic E-state index is 0.0408. The molecular formula is C28H23N3O3S2. The zero-order valence-electron chi connectivity index (χ0n) is 19.7. The lowest BCUT2D eigenvalue weighted by Crippen LogP contribution is -2.29. The molecule has 0 saturated carbocycles. The zero-order chi connectivity index (χ0) is 25.2. The van der Waals surface area contributed by atoms with Crippen molar-refractivity contribution in [3.8, 4) is 0 Å². The van der Waals surface area contributed by atoms with Crippen molar-refractivity contribution >= 4 is 45.7 Å². The Morgan fingerprint density at radius 1 is 0.917 bits per heavy atom. The number of benzene rings is 3. The number of ketones is 1. The Morgan fingerprint density at radius 2 is 1.56 bits per heavy atom. The predicted molar refractivity (Wildman–Crippen MR) is 143 cm³/mol. The van der Waals surface area contributed by atoms with E-state index in [-0.39, 0.29) is 11.3 Å². The van der Waals surface area contributed by atoms with Gasteiger partial charge >= 0.3 is 5.91 Å². The molecule has 36 heavy (non-hydrogen) atoms. The fourth-order valence-corrected chi connectivity index (χ4v) is 5.86. The molecule has 8 heteroatoms. The van der Waals surface area contributed by atoms with Crippen LogP contribution in [0, 0.1) is 13.8 Å². The van der Waals surface area contributed by atoms with E-state index in [0.717, 1.165) is 11.1 Å². The van der Waals surface area contributed by atoms with Crippen LogP contribution in [-0.2, 0) is 15.3 Å². The Labute approximate surface area is 217 Å². The van der Waals surface area contributed by atoms with Crippen LogP contribution in [0.15, 0.2) is 88.8 Å². The standard InChI is InChI=1S/C28H23N3O3S2/c1-17-8-12-19(13-9-17)16-35-28-30-29-27(36-28)31-23(20-6-4-3-5-7-20)22(25(33)26(31)34)24(32)21-14-10-18(2)11-15-21/h3-15,23,32H,16H2,1-2H3/b24-22-. The minimum atomic E-state index is -0.810. The fraction of sp³-hybridized carbons (Fsp3) is 0.143. The van der Waals surface area contributed by atoms with Gasteiger partial charge in [-0.3, -0.25) is 14.5 Å². The maximum absolute atomic E-state index is 13.3. The van der Waals surface area contributed by atoms with Gasteiger partial charge in [0.25, 0.3) is 5.78 Å². The van der Waals surface area contributed by atoms with Crippen LogP contribution in [-0.4, -0.2) is 27.0 Å². The van der Waals surface area contributed by atoms with E-state index in [0.29, 0.717) is 26.4 Å². The van der Waals surface area contributed by atoms with Gasteiger partial charge in [-0.2, -0.15) is 0 Å². The van der Waals surface area contributed by atoms with Crippen LogP contribution in [0.4, 0.5) is 5.13 Å². The average Bonchev–Trinajstić information content (AvgIpc) is 3.46. The van der Waals surface area contributed by atoms with E-state index < -0.39 is 17.7 Å². The first-order valence-corrected chi connectivity index (χ1v) is 13.2. The van der Waals surface area contributed by atoms with Gasteiger partial charge in [-0.05, 0) is 25.0 Å². The summed E-state index contributed by atoms with van der Waals surface area (Å²) in [5.41, 5.74) is 4.60. The van der Waals surface area contributed by atoms with E-state index in [1.165, 1.54) is 33.6 Å². The number of anilines is 1. The Kier molecular flexibility index (Phi) is 6.71. The largest absolute Gasteiger partial charge is 0.507 e. The van der Waals surface area contributed by atoms with Gasteiger partial charge in [0.2, 0.25) is 5.13 Å². The van der Waals surface area contributed by atoms with Gasteiger partial charge in [0.05, 0.1) is 11.6 Å². The van der Waals surface area contributed by atoms with Crippen molar-refractivity contribution in [1.82, 2.24) is 10.2 Å². The second-order valence-electron chi connectivity index (χ2n) is 8.57. The Bertz CT molecular complexity index is 1450. The molecule has 1 aliphatic heterocycles. The van der Waals surface area contributed by atoms with E-state index in [2.05, 4.69) is 34.5 Å². The molecule has 1 amide bonds. The smallest absolute Gasteiger partial charge is 0.301 e. The predicted octanol–water partition coefficient (Wildman–Crippen LogP) is 6.07. The third-order valence-electron chi connectivity index (χ3n) is 5.97. The van der Waals surface area contributed by atoms with Crippen LogP contribution in [0.5, 0.6) is 0 Å². The molecule has 1 N–H and O–H groups in total. The van der Waals surface area contributed by atoms with Gasteiger partial charge < -0.3 is 5.11 Å². The highest BCUT2D eigenvalue weighted by atomic mass is 32.2. The van der Waals surface area contributed by atoms with Crippen molar-refractivity contribution in [2.45, 2.75) is 30.0 Å². The second-order valence-corrected chi connectivity index (χ2v) is 10.7. The number of aryl methyl sites for hydroxylation is 2. The number of rotatable bonds is 6. The summed E-state index contributed by atoms with van der Waals surface area (Å²) < 4.78 is 0.692. The van der Waals surface area contributed by atoms with Gasteiger partial charge in [0.1, 0.15) is 5.76 Å². The molecule has 1 atom stereocenters. The molecule has 0 radical (unpaired) electrons. The maximum atomic E-state index is 13.3. The number of amides is 1. The van der Waals surface area contributed by atoms with E-state index in [1.807, 2.05) is 56.3 Å². The highest BCUT2D eigenvalue weighted by molar-refractivity contribution is 8.00. The quantitative estimate of drug-likeness (QED) is 0.111. The van der Waals surface area contributed by atoms with Crippen LogP contribution in [0.1, 0.15) is 33.9 Å². The number of nitrogens with zero attached hydrogens (tertiary/aromatic N) is 3. The molecule has 1 aromatic heterocycles. The third-order valence-corrected chi connectivity index (χ3v) is 8.10. The van der Waals surface area contributed by atoms with E-state index in [9.17, 15) is 14.7 Å². The van der Waals surface area contributed by atoms with Crippen LogP contribution < -0.4 is 4.90 Å². The number of aliphatic hydroxyl groups is 1. The fourth-order valence-electron chi connectivity index (χ4n) is 4.04. The van der Waals surface area contributed by atoms with Crippen molar-refractivity contribution in [3.63, 3.8) is 0 Å². The molecule has 180 valence electrons. The number of carbonyl (C=O) groups excluding carboxylic acids is 2. The molecule has 0 spiro atoms. The SMILES string of the molecule is Cc1ccc(CSc2nnc(N3C(=O)C(=O)/C(=C(\O)c4ccc(C)cc4)C3c3ccccc3)s2)cc1. The van der Waals surface area contributed by atoms with Crippen molar-refractivity contribution in [2.24, 2.45) is 0 Å². The highest BCUT2D eigenvalue weighted by Crippen LogP contribution is 2.44. The molecule has 5 rings (SSSR count). The molecule has 4 aromatic rings. The summed E-state index contributed by atoms with van der Waals surface area (Å²) in [4.78, 5) is 27.9. The van der Waals surface area contributed by atoms with Gasteiger partial charge in [0, 0.05) is 11.3 Å². The Hall–Kier alpha value is -3.75. The number of hydrogen-bond donors (Lipinski definition) is 1. The summed E-state index contributed by atoms with van der Waals surface area (Å²) in [7, 11) is 0. The van der Waals surface area contributed by atoms with Crippen molar-refractivity contribution in [2.75, 3.05) is 4.90 Å². The van der Waals surface area contributed by atoms with Crippen molar-refractivity contribution < 1.29 is 14.7 Å². The summed E-state index contributed by atoms with van der Waals surface area (Å²) in [6.07, 6.45) is 0. The lowest BCUT2D eigenvalue weighted by atomic mass is 9.95. The van der Waals surface area contributed by atoms with Gasteiger partial charge in [-0.25, -0.2) is 0 Å². The number of hydrogen-bond acceptors (Lipinski definition) is 7. The summed E-state index contributed by atoms with van der Waals surface area (Å²) in [5, 5.41) is 20.0. The number of thioether (sulfide) groups is 1. The molecule has 6 nitrogen and oxygen atoms in total. The minimum Gasteiger partial charge on any atom is -0.507 e. The molecule has 1 saturated heterocycles. The second kappa shape index (κ2) is 10.1. The molecule has 1 unspecified atom stereocenters. The van der Waals surface area contributed by atoms with E-state index >= 15 is 0 Å². The molecule has 0 aliphatic carbocycles. The molecular weight excluding hydrogens is 490 g/mol. The monoisotopic (exact) mass is 513 g/mol. The summed E-state index contributed by atoms with van der Waals surface area (Å²) in [5.74, 6) is -0.971. The molecule has 1 fully saturated rings. The zero-order valence-corrected chi connectivity index (χ0v) is 21.3. The van der Waals surface area contributed by atoms with Crippen molar-refractivity contribution in [3.05, 3.63) is 112 Å². The molecule has 0 bridgehead atoms. The van der Waals surface area contributed by atoms with Gasteiger partial charge in [-0.1, -0.05) is 113 Å². The topological polar surface area (TPSA) is 83.4 Å². The van der Waals surface area contributed by atoms with Crippen LogP contribution in [0.25, 0.3) is 5.76 Å². The molecule has 1 aliphatic rings. The van der Waals surface area contributed by atoms with E-state index in [1.54, 1.807) is 12.1 Å². The molecule has 2 heterocycles. The van der Waals surface area contributed by atoms with Crippen molar-refractivity contribution in [1.29, 1.82) is 0 Å². The summed E-state index contributed by atoms with van der Waals surface area (Å²) in [6.45, 7) is 3.99. The lowest BCUT2D eigenvalue weighted by Gasteiger charge is -2.22. The lowest BCUT2D eigenvalue weighted by molar-refractivity contribution is -0.132. The third kappa shape index (κ3) is 4.69. The average molecular weight is 514 g/mol. The summed E-state index contributed by atoms with van der Waals surface area (Å²) in [6, 6.07) is 23.9. The first-order chi connectivity index (χ1) is 17.4. The first-order valence-electron chi connectivity index (χ1n) is 11.4. The number of aliphatic hydroxyl groups excluding tert-OH is 1. The Balaban J connectivity index is 1.51. The summed E-state index contributed by atoms with van der Waals surface area (Å²) >= 11 is 2.78. The first kappa shape index (κ1) is 24.0. The number of aromatic nitrogens is 2. The number of carbonyl (C=O) groups is 2. The van der Waals surface area contributed by atoms with Crippen LogP contribution in [0.3, 0.4) is 0 Å². The van der Waals surface area contributed by atoms with Crippen LogP contribution in [0.2, 0.25) is 0 Å². The maximum Gasteiger partial charge on any atom is 0.301 e. The Morgan fingerprint density at radius 3 is 2.22 bits per heavy atom. The number of Topliss-reactive ketones (excluding diaryl/α,β-unsaturated/α-hetero) is 1. The van der Waals surface area contributed by atoms with Gasteiger partial charge in [-0.15, -0.1) is 10.2 Å². The van der Waals surface area contributed by atoms with Crippen LogP contribution >= 0.6 is 23.1 Å². The van der Waals surface area contributed by atoms with Gasteiger partial charge in [0.15, 0.2) is 4.34 Å². The highest BCUT2D eigenvalue weighted by Gasteiger charge is 2.48.